The van der Waals surface area contributed by atoms with E-state index in [1.54, 1.807) is 0 Å². The van der Waals surface area contributed by atoms with Crippen molar-refractivity contribution in [2.45, 2.75) is 6.18 Å². The van der Waals surface area contributed by atoms with Gasteiger partial charge in [0, 0.05) is 7.05 Å². The minimum Gasteiger partial charge on any atom is -0.358 e. The highest BCUT2D eigenvalue weighted by Gasteiger charge is 2.34. The molecule has 0 unspecified atom stereocenters. The van der Waals surface area contributed by atoms with Crippen molar-refractivity contribution in [2.75, 3.05) is 13.6 Å². The van der Waals surface area contributed by atoms with Crippen LogP contribution in [0.15, 0.2) is 24.3 Å². The molecule has 1 rings (SSSR count). The highest BCUT2D eigenvalue weighted by Crippen LogP contribution is 2.31. The van der Waals surface area contributed by atoms with Gasteiger partial charge < -0.3 is 10.6 Å². The van der Waals surface area contributed by atoms with E-state index in [1.165, 1.54) is 19.2 Å². The molecule has 0 atom stereocenters. The lowest BCUT2D eigenvalue weighted by atomic mass is 10.1. The summed E-state index contributed by atoms with van der Waals surface area (Å²) in [4.78, 5) is 22.4. The Labute approximate surface area is 101 Å². The first-order valence-electron chi connectivity index (χ1n) is 5.01. The van der Waals surface area contributed by atoms with Crippen molar-refractivity contribution in [3.05, 3.63) is 35.4 Å². The summed E-state index contributed by atoms with van der Waals surface area (Å²) in [5.41, 5.74) is -1.53. The molecule has 0 aromatic heterocycles. The molecule has 0 bridgehead atoms. The van der Waals surface area contributed by atoms with Crippen LogP contribution in [0.2, 0.25) is 0 Å². The average molecular weight is 260 g/mol. The normalized spacial score (nSPS) is 10.9. The molecule has 2 amide bonds. The second kappa shape index (κ2) is 5.52. The molecule has 0 heterocycles. The van der Waals surface area contributed by atoms with E-state index >= 15 is 0 Å². The maximum Gasteiger partial charge on any atom is 0.417 e. The van der Waals surface area contributed by atoms with E-state index < -0.39 is 29.1 Å². The Kier molecular flexibility index (Phi) is 4.30. The monoisotopic (exact) mass is 260 g/mol. The molecule has 1 aromatic carbocycles. The lowest BCUT2D eigenvalue weighted by molar-refractivity contribution is -0.137. The van der Waals surface area contributed by atoms with Gasteiger partial charge in [-0.05, 0) is 12.1 Å². The molecule has 0 fully saturated rings. The maximum absolute atomic E-state index is 12.6. The summed E-state index contributed by atoms with van der Waals surface area (Å²) in [7, 11) is 1.36. The predicted molar refractivity (Wildman–Crippen MR) is 57.8 cm³/mol. The van der Waals surface area contributed by atoms with E-state index in [2.05, 4.69) is 10.6 Å². The lowest BCUT2D eigenvalue weighted by Gasteiger charge is -2.12. The van der Waals surface area contributed by atoms with Crippen LogP contribution < -0.4 is 10.6 Å². The molecule has 1 aromatic rings. The van der Waals surface area contributed by atoms with Gasteiger partial charge in [0.25, 0.3) is 5.91 Å². The number of benzene rings is 1. The predicted octanol–water partition coefficient (Wildman–Crippen LogP) is 1.18. The zero-order chi connectivity index (χ0) is 13.8. The number of hydrogen-bond acceptors (Lipinski definition) is 2. The maximum atomic E-state index is 12.6. The van der Waals surface area contributed by atoms with E-state index in [4.69, 9.17) is 0 Å². The molecule has 2 N–H and O–H groups in total. The molecular weight excluding hydrogens is 249 g/mol. The Morgan fingerprint density at radius 2 is 1.83 bits per heavy atom. The highest BCUT2D eigenvalue weighted by molar-refractivity contribution is 5.97. The number of amides is 2. The van der Waals surface area contributed by atoms with Gasteiger partial charge in [-0.1, -0.05) is 12.1 Å². The zero-order valence-electron chi connectivity index (χ0n) is 9.47. The number of alkyl halides is 3. The molecule has 0 spiro atoms. The van der Waals surface area contributed by atoms with Gasteiger partial charge in [0.05, 0.1) is 17.7 Å². The van der Waals surface area contributed by atoms with Gasteiger partial charge in [0.2, 0.25) is 5.91 Å². The van der Waals surface area contributed by atoms with Crippen molar-refractivity contribution in [3.63, 3.8) is 0 Å². The third-order valence-electron chi connectivity index (χ3n) is 2.17. The molecule has 0 saturated heterocycles. The van der Waals surface area contributed by atoms with E-state index in [1.807, 2.05) is 0 Å². The first-order chi connectivity index (χ1) is 8.36. The summed E-state index contributed by atoms with van der Waals surface area (Å²) in [6.45, 7) is -0.373. The van der Waals surface area contributed by atoms with Gasteiger partial charge in [-0.15, -0.1) is 0 Å². The Hall–Kier alpha value is -2.05. The molecule has 98 valence electrons. The van der Waals surface area contributed by atoms with Crippen LogP contribution in [0.3, 0.4) is 0 Å². The van der Waals surface area contributed by atoms with Crippen LogP contribution in [0, 0.1) is 0 Å². The molecule has 0 aliphatic heterocycles. The quantitative estimate of drug-likeness (QED) is 0.857. The second-order valence-electron chi connectivity index (χ2n) is 3.40. The van der Waals surface area contributed by atoms with Crippen LogP contribution in [-0.4, -0.2) is 25.4 Å². The van der Waals surface area contributed by atoms with Gasteiger partial charge in [-0.2, -0.15) is 13.2 Å². The van der Waals surface area contributed by atoms with Gasteiger partial charge >= 0.3 is 6.18 Å². The Morgan fingerprint density at radius 1 is 1.22 bits per heavy atom. The highest BCUT2D eigenvalue weighted by atomic mass is 19.4. The van der Waals surface area contributed by atoms with E-state index in [-0.39, 0.29) is 6.54 Å². The number of halogens is 3. The molecule has 4 nitrogen and oxygen atoms in total. The van der Waals surface area contributed by atoms with Crippen molar-refractivity contribution in [3.8, 4) is 0 Å². The minimum absolute atomic E-state index is 0.373. The van der Waals surface area contributed by atoms with Crippen molar-refractivity contribution in [1.82, 2.24) is 10.6 Å². The molecule has 0 aliphatic carbocycles. The molecule has 0 saturated carbocycles. The van der Waals surface area contributed by atoms with Gasteiger partial charge in [0.1, 0.15) is 0 Å². The van der Waals surface area contributed by atoms with E-state index in [0.29, 0.717) is 0 Å². The summed E-state index contributed by atoms with van der Waals surface area (Å²) in [5.74, 6) is -1.43. The first kappa shape index (κ1) is 14.0. The fourth-order valence-corrected chi connectivity index (χ4v) is 1.27. The molecule has 0 aliphatic rings. The number of carbonyl (C=O) groups is 2. The van der Waals surface area contributed by atoms with Crippen LogP contribution in [0.25, 0.3) is 0 Å². The van der Waals surface area contributed by atoms with Crippen molar-refractivity contribution in [2.24, 2.45) is 0 Å². The summed E-state index contributed by atoms with van der Waals surface area (Å²) in [6, 6.07) is 4.39. The smallest absolute Gasteiger partial charge is 0.358 e. The van der Waals surface area contributed by atoms with Crippen LogP contribution in [0.4, 0.5) is 13.2 Å². The van der Waals surface area contributed by atoms with Crippen molar-refractivity contribution < 1.29 is 22.8 Å². The Morgan fingerprint density at radius 3 is 2.39 bits per heavy atom. The number of rotatable bonds is 3. The van der Waals surface area contributed by atoms with Crippen LogP contribution in [0.1, 0.15) is 15.9 Å². The molecule has 18 heavy (non-hydrogen) atoms. The van der Waals surface area contributed by atoms with Gasteiger partial charge in [-0.25, -0.2) is 0 Å². The lowest BCUT2D eigenvalue weighted by Crippen LogP contribution is -2.35. The third kappa shape index (κ3) is 3.47. The standard InChI is InChI=1S/C11H11F3N2O2/c1-15-9(17)6-16-10(18)7-4-2-3-5-8(7)11(12,13)14/h2-5H,6H2,1H3,(H,15,17)(H,16,18). The number of nitrogens with one attached hydrogen (secondary N) is 2. The number of hydrogen-bond donors (Lipinski definition) is 2. The van der Waals surface area contributed by atoms with Crippen LogP contribution in [0.5, 0.6) is 0 Å². The fourth-order valence-electron chi connectivity index (χ4n) is 1.27. The fraction of sp³-hybridized carbons (Fsp3) is 0.273. The Balaban J connectivity index is 2.89. The summed E-state index contributed by atoms with van der Waals surface area (Å²) in [6.07, 6.45) is -4.61. The molecular formula is C11H11F3N2O2. The zero-order valence-corrected chi connectivity index (χ0v) is 9.47. The van der Waals surface area contributed by atoms with Crippen LogP contribution in [-0.2, 0) is 11.0 Å². The second-order valence-corrected chi connectivity index (χ2v) is 3.40. The largest absolute Gasteiger partial charge is 0.417 e. The summed E-state index contributed by atoms with van der Waals surface area (Å²) < 4.78 is 37.8. The SMILES string of the molecule is CNC(=O)CNC(=O)c1ccccc1C(F)(F)F. The summed E-state index contributed by atoms with van der Waals surface area (Å²) in [5, 5.41) is 4.35. The minimum atomic E-state index is -4.61. The van der Waals surface area contributed by atoms with Crippen LogP contribution >= 0.6 is 0 Å². The van der Waals surface area contributed by atoms with Gasteiger partial charge in [-0.3, -0.25) is 9.59 Å². The third-order valence-corrected chi connectivity index (χ3v) is 2.17. The van der Waals surface area contributed by atoms with E-state index in [0.717, 1.165) is 12.1 Å². The van der Waals surface area contributed by atoms with E-state index in [9.17, 15) is 22.8 Å². The molecule has 0 radical (unpaired) electrons. The van der Waals surface area contributed by atoms with Crippen molar-refractivity contribution in [1.29, 1.82) is 0 Å². The average Bonchev–Trinajstić information content (AvgIpc) is 2.34. The number of likely N-dealkylation sites (N-methyl/N-ethyl adjacent to an activating group) is 1. The first-order valence-corrected chi connectivity index (χ1v) is 5.01. The number of carbonyl (C=O) groups excluding carboxylic acids is 2. The van der Waals surface area contributed by atoms with Gasteiger partial charge in [0.15, 0.2) is 0 Å². The summed E-state index contributed by atoms with van der Waals surface area (Å²) >= 11 is 0. The molecule has 7 heteroatoms. The van der Waals surface area contributed by atoms with Crippen molar-refractivity contribution >= 4 is 11.8 Å². The topological polar surface area (TPSA) is 58.2 Å². The Bertz CT molecular complexity index is 458.